The van der Waals surface area contributed by atoms with Gasteiger partial charge in [-0.1, -0.05) is 0 Å². The Kier molecular flexibility index (Phi) is 4.10. The number of hydrogen-bond acceptors (Lipinski definition) is 5. The van der Waals surface area contributed by atoms with E-state index in [9.17, 15) is 14.9 Å². The van der Waals surface area contributed by atoms with E-state index in [1.54, 1.807) is 11.7 Å². The number of nitrogens with zero attached hydrogens (tertiary/aromatic N) is 5. The Morgan fingerprint density at radius 1 is 1.43 bits per heavy atom. The van der Waals surface area contributed by atoms with Gasteiger partial charge in [0.15, 0.2) is 0 Å². The molecule has 0 spiro atoms. The number of piperidine rings is 1. The van der Waals surface area contributed by atoms with E-state index in [0.29, 0.717) is 37.7 Å². The molecule has 9 nitrogen and oxygen atoms in total. The summed E-state index contributed by atoms with van der Waals surface area (Å²) in [4.78, 5) is 25.2. The second kappa shape index (κ2) is 6.05. The van der Waals surface area contributed by atoms with E-state index in [1.807, 2.05) is 4.90 Å². The Labute approximate surface area is 133 Å². The molecule has 2 aliphatic rings. The second-order valence-corrected chi connectivity index (χ2v) is 6.35. The van der Waals surface area contributed by atoms with Gasteiger partial charge in [0.1, 0.15) is 6.20 Å². The van der Waals surface area contributed by atoms with Crippen LogP contribution in [0.3, 0.4) is 0 Å². The van der Waals surface area contributed by atoms with E-state index >= 15 is 0 Å². The average molecular weight is 323 g/mol. The molecule has 2 fully saturated rings. The van der Waals surface area contributed by atoms with Crippen LogP contribution in [0.4, 0.5) is 16.3 Å². The normalized spacial score (nSPS) is 18.9. The number of anilines is 1. The smallest absolute Gasteiger partial charge is 0.407 e. The molecule has 126 valence electrons. The first-order chi connectivity index (χ1) is 11.0. The molecule has 1 N–H and O–H groups in total. The lowest BCUT2D eigenvalue weighted by Crippen LogP contribution is -2.45. The molecule has 0 unspecified atom stereocenters. The summed E-state index contributed by atoms with van der Waals surface area (Å²) in [5, 5.41) is 24.5. The predicted octanol–water partition coefficient (Wildman–Crippen LogP) is 1.78. The third-order valence-electron chi connectivity index (χ3n) is 4.73. The number of hydrogen-bond donors (Lipinski definition) is 1. The summed E-state index contributed by atoms with van der Waals surface area (Å²) in [5.74, 6) is 1.14. The van der Waals surface area contributed by atoms with Crippen LogP contribution >= 0.6 is 0 Å². The monoisotopic (exact) mass is 323 g/mol. The third-order valence-corrected chi connectivity index (χ3v) is 4.73. The maximum Gasteiger partial charge on any atom is 0.407 e. The molecule has 0 radical (unpaired) electrons. The van der Waals surface area contributed by atoms with Gasteiger partial charge >= 0.3 is 11.8 Å². The Morgan fingerprint density at radius 3 is 2.61 bits per heavy atom. The number of nitro groups is 1. The van der Waals surface area contributed by atoms with Crippen molar-refractivity contribution < 1.29 is 14.8 Å². The molecule has 1 aromatic rings. The molecular weight excluding hydrogens is 302 g/mol. The predicted molar refractivity (Wildman–Crippen MR) is 82.6 cm³/mol. The van der Waals surface area contributed by atoms with E-state index in [1.165, 1.54) is 11.1 Å². The van der Waals surface area contributed by atoms with Crippen molar-refractivity contribution in [2.45, 2.75) is 38.3 Å². The molecule has 1 aliphatic carbocycles. The molecule has 0 aromatic carbocycles. The molecule has 9 heteroatoms. The van der Waals surface area contributed by atoms with Crippen LogP contribution in [0, 0.1) is 16.0 Å². The van der Waals surface area contributed by atoms with Gasteiger partial charge in [0.2, 0.25) is 5.82 Å². The molecule has 0 bridgehead atoms. The van der Waals surface area contributed by atoms with Crippen LogP contribution in [0.1, 0.15) is 25.7 Å². The SMILES string of the molecule is CN(C(=O)O)C1CCN(c2c([N+](=O)[O-])cnn2CC2CC2)CC1. The number of aromatic nitrogens is 2. The fourth-order valence-electron chi connectivity index (χ4n) is 3.12. The maximum atomic E-state index is 11.3. The summed E-state index contributed by atoms with van der Waals surface area (Å²) in [5.41, 5.74) is 0.0377. The Hall–Kier alpha value is -2.32. The first kappa shape index (κ1) is 15.6. The lowest BCUT2D eigenvalue weighted by atomic mass is 10.0. The largest absolute Gasteiger partial charge is 0.465 e. The lowest BCUT2D eigenvalue weighted by molar-refractivity contribution is -0.384. The van der Waals surface area contributed by atoms with Gasteiger partial charge in [-0.3, -0.25) is 10.1 Å². The van der Waals surface area contributed by atoms with Gasteiger partial charge in [-0.25, -0.2) is 9.48 Å². The van der Waals surface area contributed by atoms with Crippen LogP contribution in [0.25, 0.3) is 0 Å². The zero-order valence-electron chi connectivity index (χ0n) is 13.1. The number of carboxylic acid groups (broad SMARTS) is 1. The van der Waals surface area contributed by atoms with E-state index in [-0.39, 0.29) is 16.7 Å². The summed E-state index contributed by atoms with van der Waals surface area (Å²) in [6.45, 7) is 1.91. The van der Waals surface area contributed by atoms with Crippen molar-refractivity contribution in [2.24, 2.45) is 5.92 Å². The molecule has 3 rings (SSSR count). The number of carbonyl (C=O) groups is 1. The van der Waals surface area contributed by atoms with Crippen LogP contribution < -0.4 is 4.90 Å². The lowest BCUT2D eigenvalue weighted by Gasteiger charge is -2.36. The summed E-state index contributed by atoms with van der Waals surface area (Å²) < 4.78 is 1.75. The Balaban J connectivity index is 1.75. The van der Waals surface area contributed by atoms with Crippen molar-refractivity contribution in [3.05, 3.63) is 16.3 Å². The van der Waals surface area contributed by atoms with E-state index in [2.05, 4.69) is 5.10 Å². The Bertz CT molecular complexity index is 604. The highest BCUT2D eigenvalue weighted by molar-refractivity contribution is 5.65. The quantitative estimate of drug-likeness (QED) is 0.654. The Morgan fingerprint density at radius 2 is 2.09 bits per heavy atom. The highest BCUT2D eigenvalue weighted by atomic mass is 16.6. The number of rotatable bonds is 5. The van der Waals surface area contributed by atoms with Gasteiger partial charge < -0.3 is 14.9 Å². The second-order valence-electron chi connectivity index (χ2n) is 6.35. The van der Waals surface area contributed by atoms with Crippen molar-refractivity contribution in [1.29, 1.82) is 0 Å². The van der Waals surface area contributed by atoms with Crippen molar-refractivity contribution in [3.8, 4) is 0 Å². The summed E-state index contributed by atoms with van der Waals surface area (Å²) in [6.07, 6.45) is 4.01. The molecule has 1 amide bonds. The van der Waals surface area contributed by atoms with Crippen molar-refractivity contribution in [2.75, 3.05) is 25.0 Å². The topological polar surface area (TPSA) is 105 Å². The van der Waals surface area contributed by atoms with E-state index in [4.69, 9.17) is 5.11 Å². The fourth-order valence-corrected chi connectivity index (χ4v) is 3.12. The fraction of sp³-hybridized carbons (Fsp3) is 0.714. The molecule has 1 aliphatic heterocycles. The maximum absolute atomic E-state index is 11.3. The molecule has 0 atom stereocenters. The molecule has 1 aromatic heterocycles. The first-order valence-corrected chi connectivity index (χ1v) is 7.88. The van der Waals surface area contributed by atoms with Crippen LogP contribution in [0.5, 0.6) is 0 Å². The van der Waals surface area contributed by atoms with Crippen molar-refractivity contribution in [3.63, 3.8) is 0 Å². The summed E-state index contributed by atoms with van der Waals surface area (Å²) in [6, 6.07) is -0.0393. The van der Waals surface area contributed by atoms with Gasteiger partial charge in [0.25, 0.3) is 0 Å². The molecule has 2 heterocycles. The average Bonchev–Trinajstić information content (AvgIpc) is 3.23. The van der Waals surface area contributed by atoms with Crippen LogP contribution in [0.15, 0.2) is 6.20 Å². The first-order valence-electron chi connectivity index (χ1n) is 7.88. The highest BCUT2D eigenvalue weighted by Crippen LogP contribution is 2.36. The zero-order chi connectivity index (χ0) is 16.6. The summed E-state index contributed by atoms with van der Waals surface area (Å²) in [7, 11) is 1.57. The standard InChI is InChI=1S/C14H21N5O4/c1-16(14(20)21)11-4-6-17(7-5-11)13-12(19(22)23)8-15-18(13)9-10-2-3-10/h8,10-11H,2-7,9H2,1H3,(H,20,21). The molecular formula is C14H21N5O4. The van der Waals surface area contributed by atoms with Crippen LogP contribution in [-0.2, 0) is 6.54 Å². The van der Waals surface area contributed by atoms with Gasteiger partial charge in [-0.05, 0) is 31.6 Å². The molecule has 1 saturated carbocycles. The minimum absolute atomic E-state index is 0.0377. The van der Waals surface area contributed by atoms with Crippen molar-refractivity contribution in [1.82, 2.24) is 14.7 Å². The van der Waals surface area contributed by atoms with E-state index < -0.39 is 6.09 Å². The van der Waals surface area contributed by atoms with Gasteiger partial charge in [0, 0.05) is 32.7 Å². The van der Waals surface area contributed by atoms with Crippen LogP contribution in [-0.4, -0.2) is 57.0 Å². The minimum atomic E-state index is -0.937. The van der Waals surface area contributed by atoms with Crippen molar-refractivity contribution >= 4 is 17.6 Å². The van der Waals surface area contributed by atoms with Crippen LogP contribution in [0.2, 0.25) is 0 Å². The van der Waals surface area contributed by atoms with E-state index in [0.717, 1.165) is 19.4 Å². The summed E-state index contributed by atoms with van der Waals surface area (Å²) >= 11 is 0. The van der Waals surface area contributed by atoms with Gasteiger partial charge in [0.05, 0.1) is 4.92 Å². The third kappa shape index (κ3) is 3.22. The zero-order valence-corrected chi connectivity index (χ0v) is 13.1. The highest BCUT2D eigenvalue weighted by Gasteiger charge is 2.33. The van der Waals surface area contributed by atoms with Gasteiger partial charge in [-0.2, -0.15) is 5.10 Å². The number of amides is 1. The molecule has 23 heavy (non-hydrogen) atoms. The minimum Gasteiger partial charge on any atom is -0.465 e. The van der Waals surface area contributed by atoms with Gasteiger partial charge in [-0.15, -0.1) is 0 Å². The molecule has 1 saturated heterocycles.